The summed E-state index contributed by atoms with van der Waals surface area (Å²) in [6.45, 7) is -0.178. The molecule has 110 valence electrons. The van der Waals surface area contributed by atoms with Crippen LogP contribution >= 0.6 is 11.8 Å². The molecular formula is C13H16FNO4S. The van der Waals surface area contributed by atoms with E-state index in [0.29, 0.717) is 5.75 Å². The van der Waals surface area contributed by atoms with E-state index in [1.165, 1.54) is 23.9 Å². The second-order valence-electron chi connectivity index (χ2n) is 3.96. The monoisotopic (exact) mass is 301 g/mol. The van der Waals surface area contributed by atoms with Crippen molar-refractivity contribution in [3.63, 3.8) is 0 Å². The van der Waals surface area contributed by atoms with Gasteiger partial charge < -0.3 is 15.2 Å². The fourth-order valence-electron chi connectivity index (χ4n) is 1.32. The summed E-state index contributed by atoms with van der Waals surface area (Å²) in [5.74, 6) is -0.615. The molecule has 0 spiro atoms. The Kier molecular flexibility index (Phi) is 7.03. The van der Waals surface area contributed by atoms with Gasteiger partial charge in [-0.15, -0.1) is 11.8 Å². The molecule has 0 fully saturated rings. The quantitative estimate of drug-likeness (QED) is 0.725. The Bertz CT molecular complexity index is 452. The van der Waals surface area contributed by atoms with Crippen LogP contribution in [-0.2, 0) is 20.1 Å². The molecule has 1 rings (SSSR count). The van der Waals surface area contributed by atoms with E-state index < -0.39 is 12.1 Å². The number of thioether (sulfide) groups is 1. The van der Waals surface area contributed by atoms with Gasteiger partial charge in [0, 0.05) is 5.75 Å². The lowest BCUT2D eigenvalue weighted by molar-refractivity contribution is -0.150. The van der Waals surface area contributed by atoms with E-state index in [0.717, 1.165) is 12.7 Å². The van der Waals surface area contributed by atoms with E-state index in [9.17, 15) is 19.1 Å². The highest BCUT2D eigenvalue weighted by atomic mass is 32.2. The predicted molar refractivity (Wildman–Crippen MR) is 73.6 cm³/mol. The van der Waals surface area contributed by atoms with Crippen LogP contribution in [0.1, 0.15) is 5.56 Å². The number of hydrogen-bond acceptors (Lipinski definition) is 5. The van der Waals surface area contributed by atoms with E-state index in [2.05, 4.69) is 10.1 Å². The third-order valence-corrected chi connectivity index (χ3v) is 3.38. The van der Waals surface area contributed by atoms with Crippen molar-refractivity contribution in [1.29, 1.82) is 0 Å². The van der Waals surface area contributed by atoms with Crippen molar-refractivity contribution in [3.8, 4) is 0 Å². The molecule has 0 saturated carbocycles. The predicted octanol–water partition coefficient (Wildman–Crippen LogP) is 0.709. The SMILES string of the molecule is COC(=O)C(O)CNC(=O)CSCc1ccc(F)cc1. The summed E-state index contributed by atoms with van der Waals surface area (Å²) in [4.78, 5) is 22.3. The van der Waals surface area contributed by atoms with Crippen LogP contribution in [0.3, 0.4) is 0 Å². The Morgan fingerprint density at radius 2 is 2.05 bits per heavy atom. The average Bonchev–Trinajstić information content (AvgIpc) is 2.46. The highest BCUT2D eigenvalue weighted by molar-refractivity contribution is 7.99. The maximum absolute atomic E-state index is 12.7. The first-order valence-electron chi connectivity index (χ1n) is 5.87. The molecule has 0 aliphatic heterocycles. The van der Waals surface area contributed by atoms with E-state index in [1.54, 1.807) is 12.1 Å². The van der Waals surface area contributed by atoms with Gasteiger partial charge in [-0.25, -0.2) is 9.18 Å². The lowest BCUT2D eigenvalue weighted by Crippen LogP contribution is -2.37. The van der Waals surface area contributed by atoms with Gasteiger partial charge in [0.2, 0.25) is 5.91 Å². The Morgan fingerprint density at radius 3 is 2.65 bits per heavy atom. The van der Waals surface area contributed by atoms with Crippen LogP contribution in [0.2, 0.25) is 0 Å². The summed E-state index contributed by atoms with van der Waals surface area (Å²) < 4.78 is 17.0. The van der Waals surface area contributed by atoms with Crippen LogP contribution in [0.4, 0.5) is 4.39 Å². The highest BCUT2D eigenvalue weighted by Gasteiger charge is 2.15. The number of ether oxygens (including phenoxy) is 1. The van der Waals surface area contributed by atoms with Gasteiger partial charge in [0.05, 0.1) is 19.4 Å². The lowest BCUT2D eigenvalue weighted by atomic mass is 10.2. The Morgan fingerprint density at radius 1 is 1.40 bits per heavy atom. The number of nitrogens with one attached hydrogen (secondary N) is 1. The minimum atomic E-state index is -1.36. The molecule has 1 amide bonds. The smallest absolute Gasteiger partial charge is 0.336 e. The summed E-state index contributed by atoms with van der Waals surface area (Å²) in [7, 11) is 1.16. The molecule has 0 aromatic heterocycles. The van der Waals surface area contributed by atoms with Crippen LogP contribution < -0.4 is 5.32 Å². The maximum Gasteiger partial charge on any atom is 0.336 e. The van der Waals surface area contributed by atoms with Crippen LogP contribution in [-0.4, -0.2) is 42.5 Å². The van der Waals surface area contributed by atoms with Crippen molar-refractivity contribution >= 4 is 23.6 Å². The number of amides is 1. The molecule has 0 radical (unpaired) electrons. The minimum Gasteiger partial charge on any atom is -0.467 e. The Balaban J connectivity index is 2.20. The molecule has 1 aromatic carbocycles. The number of benzene rings is 1. The third kappa shape index (κ3) is 6.03. The van der Waals surface area contributed by atoms with Gasteiger partial charge in [-0.3, -0.25) is 4.79 Å². The van der Waals surface area contributed by atoms with E-state index in [1.807, 2.05) is 0 Å². The topological polar surface area (TPSA) is 75.6 Å². The Hall–Kier alpha value is -1.60. The third-order valence-electron chi connectivity index (χ3n) is 2.38. The second kappa shape index (κ2) is 8.55. The molecule has 1 atom stereocenters. The van der Waals surface area contributed by atoms with Crippen molar-refractivity contribution in [2.75, 3.05) is 19.4 Å². The molecule has 0 saturated heterocycles. The number of esters is 1. The maximum atomic E-state index is 12.7. The summed E-state index contributed by atoms with van der Waals surface area (Å²) in [6.07, 6.45) is -1.36. The molecule has 0 aliphatic rings. The molecule has 0 aliphatic carbocycles. The summed E-state index contributed by atoms with van der Waals surface area (Å²) in [5, 5.41) is 11.7. The highest BCUT2D eigenvalue weighted by Crippen LogP contribution is 2.12. The zero-order valence-electron chi connectivity index (χ0n) is 11.0. The number of aliphatic hydroxyl groups is 1. The van der Waals surface area contributed by atoms with Crippen molar-refractivity contribution in [2.45, 2.75) is 11.9 Å². The van der Waals surface area contributed by atoms with Crippen LogP contribution in [0.15, 0.2) is 24.3 Å². The lowest BCUT2D eigenvalue weighted by Gasteiger charge is -2.09. The van der Waals surface area contributed by atoms with Gasteiger partial charge in [0.15, 0.2) is 6.10 Å². The molecule has 7 heteroatoms. The second-order valence-corrected chi connectivity index (χ2v) is 4.95. The van der Waals surface area contributed by atoms with Crippen molar-refractivity contribution in [1.82, 2.24) is 5.32 Å². The van der Waals surface area contributed by atoms with Gasteiger partial charge >= 0.3 is 5.97 Å². The van der Waals surface area contributed by atoms with Gasteiger partial charge in [-0.2, -0.15) is 0 Å². The molecule has 0 bridgehead atoms. The van der Waals surface area contributed by atoms with Gasteiger partial charge in [0.1, 0.15) is 5.82 Å². The van der Waals surface area contributed by atoms with Gasteiger partial charge in [0.25, 0.3) is 0 Å². The fraction of sp³-hybridized carbons (Fsp3) is 0.385. The summed E-state index contributed by atoms with van der Waals surface area (Å²) in [6, 6.07) is 6.04. The minimum absolute atomic E-state index is 0.178. The van der Waals surface area contributed by atoms with Crippen LogP contribution in [0.5, 0.6) is 0 Å². The molecule has 2 N–H and O–H groups in total. The van der Waals surface area contributed by atoms with Crippen LogP contribution in [0, 0.1) is 5.82 Å². The molecule has 1 unspecified atom stereocenters. The standard InChI is InChI=1S/C13H16FNO4S/c1-19-13(18)11(16)6-15-12(17)8-20-7-9-2-4-10(14)5-3-9/h2-5,11,16H,6-8H2,1H3,(H,15,17). The first-order chi connectivity index (χ1) is 9.52. The summed E-state index contributed by atoms with van der Waals surface area (Å²) in [5.41, 5.74) is 0.916. The normalized spacial score (nSPS) is 11.8. The molecule has 0 heterocycles. The number of rotatable bonds is 7. The average molecular weight is 301 g/mol. The first kappa shape index (κ1) is 16.5. The largest absolute Gasteiger partial charge is 0.467 e. The number of methoxy groups -OCH3 is 1. The number of hydrogen-bond donors (Lipinski definition) is 2. The van der Waals surface area contributed by atoms with Gasteiger partial charge in [-0.05, 0) is 17.7 Å². The van der Waals surface area contributed by atoms with Crippen molar-refractivity contribution in [3.05, 3.63) is 35.6 Å². The van der Waals surface area contributed by atoms with E-state index >= 15 is 0 Å². The van der Waals surface area contributed by atoms with Crippen LogP contribution in [0.25, 0.3) is 0 Å². The summed E-state index contributed by atoms with van der Waals surface area (Å²) >= 11 is 1.35. The Labute approximate surface area is 120 Å². The molecule has 1 aromatic rings. The fourth-order valence-corrected chi connectivity index (χ4v) is 2.14. The zero-order valence-corrected chi connectivity index (χ0v) is 11.8. The number of carbonyl (C=O) groups is 2. The number of aliphatic hydroxyl groups excluding tert-OH is 1. The van der Waals surface area contributed by atoms with Gasteiger partial charge in [-0.1, -0.05) is 12.1 Å². The molecule has 5 nitrogen and oxygen atoms in total. The number of halogens is 1. The number of carbonyl (C=O) groups excluding carboxylic acids is 2. The first-order valence-corrected chi connectivity index (χ1v) is 7.03. The molecular weight excluding hydrogens is 285 g/mol. The van der Waals surface area contributed by atoms with Crippen molar-refractivity contribution < 1.29 is 23.8 Å². The molecule has 20 heavy (non-hydrogen) atoms. The van der Waals surface area contributed by atoms with Crippen molar-refractivity contribution in [2.24, 2.45) is 0 Å². The zero-order chi connectivity index (χ0) is 15.0. The van der Waals surface area contributed by atoms with E-state index in [-0.39, 0.29) is 24.0 Å². The van der Waals surface area contributed by atoms with E-state index in [4.69, 9.17) is 0 Å².